The summed E-state index contributed by atoms with van der Waals surface area (Å²) in [5, 5.41) is 0. The van der Waals surface area contributed by atoms with Crippen molar-refractivity contribution in [3.63, 3.8) is 0 Å². The van der Waals surface area contributed by atoms with Crippen LogP contribution in [0.4, 0.5) is 30.7 Å². The van der Waals surface area contributed by atoms with Crippen LogP contribution in [0.15, 0.2) is 84.9 Å². The van der Waals surface area contributed by atoms with Crippen LogP contribution in [0.2, 0.25) is 0 Å². The maximum absolute atomic E-state index is 14.2. The van der Waals surface area contributed by atoms with Gasteiger partial charge in [0.1, 0.15) is 17.2 Å². The summed E-state index contributed by atoms with van der Waals surface area (Å²) in [4.78, 5) is 24.9. The molecule has 3 aliphatic rings. The van der Waals surface area contributed by atoms with Crippen molar-refractivity contribution in [2.24, 2.45) is 16.2 Å². The molecule has 0 spiro atoms. The minimum Gasteiger partial charge on any atom is -0.488 e. The molecule has 3 fully saturated rings. The normalized spacial score (nSPS) is 18.1. The molecule has 0 aromatic heterocycles. The van der Waals surface area contributed by atoms with E-state index >= 15 is 0 Å². The maximum Gasteiger partial charge on any atom is 0.199 e. The third-order valence-electron chi connectivity index (χ3n) is 11.7. The predicted molar refractivity (Wildman–Crippen MR) is 225 cm³/mol. The van der Waals surface area contributed by atoms with Crippen molar-refractivity contribution in [1.82, 2.24) is 0 Å². The standard InChI is InChI=1S/C24H21F3O.C16H16F4O.C11H16O/c1-14-13-19(25)22(27)20(21(14)26)23(28)17-7-5-15(6-8-17)16-9-11-18(12-10-16)24(2,3)4;1-14(2,3)16-5-15(6-16,7-16)13(21)10-11(19)8(17)4-9(18)12(10)20;1-9-5-7-10(8-6-9)12-11(2,3)4/h5-13H,1-4H3;4H,5-7H2,1-3H3;5-8H,1-4H3. The van der Waals surface area contributed by atoms with Gasteiger partial charge in [-0.2, -0.15) is 0 Å². The fraction of sp³-hybridized carbons (Fsp3) is 0.373. The van der Waals surface area contributed by atoms with Crippen LogP contribution in [-0.2, 0) is 5.41 Å². The first-order valence-electron chi connectivity index (χ1n) is 20.1. The maximum atomic E-state index is 14.2. The van der Waals surface area contributed by atoms with Gasteiger partial charge in [-0.15, -0.1) is 0 Å². The molecule has 0 unspecified atom stereocenters. The summed E-state index contributed by atoms with van der Waals surface area (Å²) in [7, 11) is 0. The summed E-state index contributed by atoms with van der Waals surface area (Å²) in [6.45, 7) is 22.1. The summed E-state index contributed by atoms with van der Waals surface area (Å²) >= 11 is 0. The van der Waals surface area contributed by atoms with E-state index in [1.165, 1.54) is 30.2 Å². The largest absolute Gasteiger partial charge is 0.488 e. The Balaban J connectivity index is 0.000000187. The summed E-state index contributed by atoms with van der Waals surface area (Å²) in [6.07, 6.45) is 1.58. The number of halogens is 7. The van der Waals surface area contributed by atoms with Gasteiger partial charge in [-0.25, -0.2) is 30.7 Å². The van der Waals surface area contributed by atoms with E-state index in [9.17, 15) is 40.3 Å². The number of aryl methyl sites for hydroxylation is 2. The number of benzene rings is 5. The van der Waals surface area contributed by atoms with Gasteiger partial charge in [-0.3, -0.25) is 9.59 Å². The lowest BCUT2D eigenvalue weighted by atomic mass is 9.28. The molecule has 0 N–H and O–H groups in total. The molecule has 61 heavy (non-hydrogen) atoms. The lowest BCUT2D eigenvalue weighted by molar-refractivity contribution is -0.228. The van der Waals surface area contributed by atoms with Gasteiger partial charge in [0.05, 0.1) is 11.1 Å². The highest BCUT2D eigenvalue weighted by Crippen LogP contribution is 2.79. The number of ether oxygens (including phenoxy) is 1. The fourth-order valence-corrected chi connectivity index (χ4v) is 7.87. The first-order valence-corrected chi connectivity index (χ1v) is 20.1. The van der Waals surface area contributed by atoms with Gasteiger partial charge in [0.15, 0.2) is 46.5 Å². The Morgan fingerprint density at radius 3 is 1.44 bits per heavy atom. The molecular formula is C51H53F7O3. The Morgan fingerprint density at radius 1 is 0.557 bits per heavy atom. The van der Waals surface area contributed by atoms with Crippen LogP contribution in [0.5, 0.6) is 5.75 Å². The predicted octanol–water partition coefficient (Wildman–Crippen LogP) is 14.4. The monoisotopic (exact) mass is 846 g/mol. The lowest BCUT2D eigenvalue weighted by Gasteiger charge is -2.74. The number of hydrogen-bond acceptors (Lipinski definition) is 3. The summed E-state index contributed by atoms with van der Waals surface area (Å²) in [5.41, 5.74) is 1.47. The van der Waals surface area contributed by atoms with Crippen molar-refractivity contribution in [3.8, 4) is 16.9 Å². The van der Waals surface area contributed by atoms with Gasteiger partial charge < -0.3 is 4.74 Å². The van der Waals surface area contributed by atoms with E-state index in [2.05, 4.69) is 72.7 Å². The van der Waals surface area contributed by atoms with Gasteiger partial charge in [-0.05, 0) is 111 Å². The number of carbonyl (C=O) groups excluding carboxylic acids is 2. The molecule has 3 nitrogen and oxygen atoms in total. The number of Topliss-reactive ketones (excluding diaryl/α,β-unsaturated/α-hetero) is 1. The van der Waals surface area contributed by atoms with Gasteiger partial charge in [-0.1, -0.05) is 108 Å². The highest BCUT2D eigenvalue weighted by atomic mass is 19.2. The third-order valence-corrected chi connectivity index (χ3v) is 11.7. The van der Waals surface area contributed by atoms with E-state index in [-0.39, 0.29) is 39.0 Å². The second kappa shape index (κ2) is 16.9. The molecule has 3 saturated carbocycles. The first kappa shape index (κ1) is 46.8. The minimum atomic E-state index is -1.59. The highest BCUT2D eigenvalue weighted by Gasteiger charge is 2.74. The molecule has 0 aliphatic heterocycles. The van der Waals surface area contributed by atoms with Crippen LogP contribution in [0.3, 0.4) is 0 Å². The Morgan fingerprint density at radius 2 is 1.00 bits per heavy atom. The average molecular weight is 847 g/mol. The Kier molecular flexibility index (Phi) is 13.0. The van der Waals surface area contributed by atoms with Crippen LogP contribution in [-0.4, -0.2) is 17.2 Å². The number of hydrogen-bond donors (Lipinski definition) is 0. The highest BCUT2D eigenvalue weighted by molar-refractivity contribution is 6.09. The van der Waals surface area contributed by atoms with Crippen LogP contribution < -0.4 is 4.74 Å². The minimum absolute atomic E-state index is 0.000687. The molecule has 3 aliphatic carbocycles. The Labute approximate surface area is 354 Å². The van der Waals surface area contributed by atoms with Crippen LogP contribution in [0.1, 0.15) is 125 Å². The Hall–Kier alpha value is -5.25. The van der Waals surface area contributed by atoms with Crippen molar-refractivity contribution in [3.05, 3.63) is 159 Å². The second-order valence-electron chi connectivity index (χ2n) is 19.5. The Bertz CT molecular complexity index is 2360. The first-order chi connectivity index (χ1) is 28.1. The van der Waals surface area contributed by atoms with Crippen molar-refractivity contribution < 1.29 is 45.1 Å². The SMILES string of the molecule is CC(C)(C)C12CC(C(=O)c3c(F)c(F)cc(F)c3F)(C1)C2.Cc1cc(F)c(F)c(C(=O)c2ccc(-c3ccc(C(C)(C)C)cc3)cc2)c1F.Cc1ccc(OC(C)(C)C)cc1. The molecule has 0 heterocycles. The zero-order valence-corrected chi connectivity index (χ0v) is 36.6. The molecule has 8 rings (SSSR count). The molecule has 10 heteroatoms. The smallest absolute Gasteiger partial charge is 0.199 e. The molecule has 0 amide bonds. The van der Waals surface area contributed by atoms with Crippen molar-refractivity contribution >= 4 is 11.6 Å². The average Bonchev–Trinajstić information content (AvgIpc) is 3.12. The van der Waals surface area contributed by atoms with Gasteiger partial charge >= 0.3 is 0 Å². The fourth-order valence-electron chi connectivity index (χ4n) is 7.87. The molecule has 324 valence electrons. The van der Waals surface area contributed by atoms with Crippen LogP contribution in [0.25, 0.3) is 11.1 Å². The van der Waals surface area contributed by atoms with E-state index in [1.807, 2.05) is 45.0 Å². The zero-order chi connectivity index (χ0) is 45.6. The van der Waals surface area contributed by atoms with Gasteiger partial charge in [0.25, 0.3) is 0 Å². The van der Waals surface area contributed by atoms with E-state index in [0.29, 0.717) is 19.3 Å². The lowest BCUT2D eigenvalue weighted by Crippen LogP contribution is -2.70. The zero-order valence-electron chi connectivity index (χ0n) is 36.6. The molecule has 5 aromatic rings. The topological polar surface area (TPSA) is 43.4 Å². The number of carbonyl (C=O) groups is 2. The van der Waals surface area contributed by atoms with E-state index in [4.69, 9.17) is 4.74 Å². The molecule has 0 saturated heterocycles. The van der Waals surface area contributed by atoms with Crippen molar-refractivity contribution in [2.75, 3.05) is 0 Å². The molecule has 5 aromatic carbocycles. The second-order valence-corrected chi connectivity index (χ2v) is 19.5. The summed E-state index contributed by atoms with van der Waals surface area (Å²) in [5.74, 6) is -10.7. The van der Waals surface area contributed by atoms with Gasteiger partial charge in [0, 0.05) is 17.0 Å². The summed E-state index contributed by atoms with van der Waals surface area (Å²) in [6, 6.07) is 23.5. The van der Waals surface area contributed by atoms with Crippen LogP contribution in [0, 0.1) is 70.8 Å². The van der Waals surface area contributed by atoms with Crippen molar-refractivity contribution in [2.45, 2.75) is 106 Å². The quantitative estimate of drug-likeness (QED) is 0.0971. The molecule has 0 atom stereocenters. The van der Waals surface area contributed by atoms with Crippen LogP contribution >= 0.6 is 0 Å². The molecule has 2 bridgehead atoms. The van der Waals surface area contributed by atoms with E-state index in [0.717, 1.165) is 22.9 Å². The van der Waals surface area contributed by atoms with E-state index < -0.39 is 68.8 Å². The number of ketones is 2. The van der Waals surface area contributed by atoms with Crippen molar-refractivity contribution in [1.29, 1.82) is 0 Å². The summed E-state index contributed by atoms with van der Waals surface area (Å²) < 4.78 is 101. The van der Waals surface area contributed by atoms with E-state index in [1.54, 1.807) is 12.1 Å². The number of rotatable bonds is 6. The third kappa shape index (κ3) is 9.79. The molecule has 0 radical (unpaired) electrons. The molecular weight excluding hydrogens is 794 g/mol. The van der Waals surface area contributed by atoms with Gasteiger partial charge in [0.2, 0.25) is 0 Å².